The van der Waals surface area contributed by atoms with Crippen molar-refractivity contribution in [3.05, 3.63) is 57.6 Å². The van der Waals surface area contributed by atoms with E-state index in [9.17, 15) is 10.2 Å². The average Bonchev–Trinajstić information content (AvgIpc) is 2.92. The van der Waals surface area contributed by atoms with E-state index in [4.69, 9.17) is 9.47 Å². The molecule has 2 aliphatic rings. The molecular weight excluding hydrogens is 460 g/mol. The second kappa shape index (κ2) is 11.8. The van der Waals surface area contributed by atoms with Gasteiger partial charge < -0.3 is 19.7 Å². The van der Waals surface area contributed by atoms with Crippen LogP contribution in [0.4, 0.5) is 0 Å². The van der Waals surface area contributed by atoms with Crippen LogP contribution in [0.5, 0.6) is 11.5 Å². The van der Waals surface area contributed by atoms with Gasteiger partial charge >= 0.3 is 0 Å². The molecule has 2 fully saturated rings. The van der Waals surface area contributed by atoms with Gasteiger partial charge in [-0.05, 0) is 117 Å². The first-order chi connectivity index (χ1) is 17.7. The summed E-state index contributed by atoms with van der Waals surface area (Å²) in [4.78, 5) is 0. The molecule has 2 saturated carbocycles. The van der Waals surface area contributed by atoms with Crippen molar-refractivity contribution in [1.29, 1.82) is 0 Å². The summed E-state index contributed by atoms with van der Waals surface area (Å²) in [5.41, 5.74) is 7.21. The lowest BCUT2D eigenvalue weighted by molar-refractivity contribution is 0.0510. The normalized spacial score (nSPS) is 24.6. The monoisotopic (exact) mass is 508 g/mol. The molecule has 0 spiro atoms. The van der Waals surface area contributed by atoms with Crippen LogP contribution in [0.3, 0.4) is 0 Å². The minimum atomic E-state index is 0.0258. The van der Waals surface area contributed by atoms with Crippen LogP contribution in [0.1, 0.15) is 110 Å². The van der Waals surface area contributed by atoms with E-state index in [0.29, 0.717) is 17.3 Å². The molecule has 2 N–H and O–H groups in total. The highest BCUT2D eigenvalue weighted by Gasteiger charge is 2.41. The van der Waals surface area contributed by atoms with E-state index < -0.39 is 0 Å². The van der Waals surface area contributed by atoms with Crippen molar-refractivity contribution in [2.24, 2.45) is 17.3 Å². The first kappa shape index (κ1) is 28.0. The predicted octanol–water partition coefficient (Wildman–Crippen LogP) is 7.58. The summed E-state index contributed by atoms with van der Waals surface area (Å²) in [7, 11) is 3.43. The third kappa shape index (κ3) is 5.71. The molecule has 204 valence electrons. The minimum absolute atomic E-state index is 0.0258. The molecule has 0 radical (unpaired) electrons. The van der Waals surface area contributed by atoms with Gasteiger partial charge in [-0.25, -0.2) is 0 Å². The first-order valence-corrected chi connectivity index (χ1v) is 14.3. The molecule has 4 heteroatoms. The Morgan fingerprint density at radius 3 is 1.70 bits per heavy atom. The highest BCUT2D eigenvalue weighted by atomic mass is 16.5. The smallest absolute Gasteiger partial charge is 0.127 e. The van der Waals surface area contributed by atoms with E-state index in [-0.39, 0.29) is 13.2 Å². The number of hydrogen-bond donors (Lipinski definition) is 2. The summed E-state index contributed by atoms with van der Waals surface area (Å²) in [6.07, 6.45) is 9.78. The maximum Gasteiger partial charge on any atom is 0.127 e. The lowest BCUT2D eigenvalue weighted by atomic mass is 9.58. The van der Waals surface area contributed by atoms with Gasteiger partial charge in [0.25, 0.3) is 0 Å². The van der Waals surface area contributed by atoms with Gasteiger partial charge in [0.15, 0.2) is 0 Å². The van der Waals surface area contributed by atoms with Crippen LogP contribution in [-0.4, -0.2) is 24.4 Å². The Balaban J connectivity index is 1.41. The minimum Gasteiger partial charge on any atom is -0.496 e. The molecule has 0 heterocycles. The number of ether oxygens (including phenoxy) is 2. The Morgan fingerprint density at radius 1 is 0.703 bits per heavy atom. The highest BCUT2D eigenvalue weighted by Crippen LogP contribution is 2.53. The third-order valence-electron chi connectivity index (χ3n) is 9.92. The molecule has 0 aromatic heterocycles. The van der Waals surface area contributed by atoms with Crippen LogP contribution in [0.15, 0.2) is 24.3 Å². The number of methoxy groups -OCH3 is 2. The standard InChI is InChI=1S/C33H48O4/c1-21-15-25(19-34)32(37-6)29(17-21)24-9-13-27(14-10-24)33(3,4)26-11-7-23(8-12-26)28-16-22(2)18-31(36-5)30(28)20-35/h15-18,23-24,26-27,34-35H,7-14,19-20H2,1-6H3. The zero-order valence-electron chi connectivity index (χ0n) is 23.9. The largest absolute Gasteiger partial charge is 0.496 e. The Morgan fingerprint density at radius 2 is 1.22 bits per heavy atom. The van der Waals surface area contributed by atoms with Gasteiger partial charge in [0.2, 0.25) is 0 Å². The van der Waals surface area contributed by atoms with E-state index in [1.807, 2.05) is 12.1 Å². The van der Waals surface area contributed by atoms with E-state index in [1.54, 1.807) is 14.2 Å². The topological polar surface area (TPSA) is 58.9 Å². The van der Waals surface area contributed by atoms with Crippen molar-refractivity contribution in [2.45, 2.75) is 104 Å². The second-order valence-electron chi connectivity index (χ2n) is 12.3. The summed E-state index contributed by atoms with van der Waals surface area (Å²) in [6, 6.07) is 8.63. The van der Waals surface area contributed by atoms with Crippen LogP contribution in [0, 0.1) is 31.1 Å². The van der Waals surface area contributed by atoms with Crippen LogP contribution in [0.2, 0.25) is 0 Å². The molecule has 4 nitrogen and oxygen atoms in total. The van der Waals surface area contributed by atoms with Crippen LogP contribution in [-0.2, 0) is 13.2 Å². The van der Waals surface area contributed by atoms with Crippen LogP contribution in [0.25, 0.3) is 0 Å². The van der Waals surface area contributed by atoms with E-state index >= 15 is 0 Å². The Hall–Kier alpha value is -2.04. The van der Waals surface area contributed by atoms with Crippen LogP contribution >= 0.6 is 0 Å². The molecule has 2 aromatic rings. The van der Waals surface area contributed by atoms with Gasteiger partial charge in [-0.3, -0.25) is 0 Å². The number of rotatable bonds is 8. The van der Waals surface area contributed by atoms with Gasteiger partial charge in [-0.2, -0.15) is 0 Å². The van der Waals surface area contributed by atoms with Gasteiger partial charge in [0.05, 0.1) is 27.4 Å². The molecule has 2 aromatic carbocycles. The highest BCUT2D eigenvalue weighted by molar-refractivity contribution is 5.47. The van der Waals surface area contributed by atoms with Crippen molar-refractivity contribution in [1.82, 2.24) is 0 Å². The molecule has 0 amide bonds. The van der Waals surface area contributed by atoms with E-state index in [2.05, 4.69) is 39.8 Å². The van der Waals surface area contributed by atoms with Gasteiger partial charge in [-0.1, -0.05) is 37.6 Å². The van der Waals surface area contributed by atoms with Crippen molar-refractivity contribution in [3.63, 3.8) is 0 Å². The van der Waals surface area contributed by atoms with Crippen molar-refractivity contribution < 1.29 is 19.7 Å². The van der Waals surface area contributed by atoms with Crippen molar-refractivity contribution in [2.75, 3.05) is 14.2 Å². The summed E-state index contributed by atoms with van der Waals surface area (Å²) >= 11 is 0. The maximum absolute atomic E-state index is 10.1. The van der Waals surface area contributed by atoms with Gasteiger partial charge in [0, 0.05) is 11.1 Å². The maximum atomic E-state index is 10.1. The lowest BCUT2D eigenvalue weighted by Gasteiger charge is -2.47. The molecule has 37 heavy (non-hydrogen) atoms. The fraction of sp³-hybridized carbons (Fsp3) is 0.636. The zero-order valence-corrected chi connectivity index (χ0v) is 23.9. The molecule has 4 rings (SSSR count). The summed E-state index contributed by atoms with van der Waals surface area (Å²) < 4.78 is 11.4. The van der Waals surface area contributed by atoms with E-state index in [0.717, 1.165) is 34.5 Å². The Kier molecular flexibility index (Phi) is 8.91. The Labute approximate surface area is 224 Å². The zero-order chi connectivity index (χ0) is 26.7. The molecular formula is C33H48O4. The third-order valence-corrected chi connectivity index (χ3v) is 9.92. The SMILES string of the molecule is COc1cc(C)cc(C2CCC(C(C)(C)C3CCC(c4cc(C)cc(CO)c4OC)CC3)CC2)c1CO. The molecule has 0 bridgehead atoms. The Bertz CT molecular complexity index is 973. The molecule has 0 unspecified atom stereocenters. The van der Waals surface area contributed by atoms with E-state index in [1.165, 1.54) is 73.6 Å². The van der Waals surface area contributed by atoms with Gasteiger partial charge in [-0.15, -0.1) is 0 Å². The molecule has 0 saturated heterocycles. The fourth-order valence-electron chi connectivity index (χ4n) is 7.70. The number of aliphatic hydroxyl groups is 2. The number of aryl methyl sites for hydroxylation is 2. The number of benzene rings is 2. The average molecular weight is 509 g/mol. The molecule has 2 aliphatic carbocycles. The predicted molar refractivity (Wildman–Crippen MR) is 150 cm³/mol. The second-order valence-corrected chi connectivity index (χ2v) is 12.3. The van der Waals surface area contributed by atoms with Crippen molar-refractivity contribution >= 4 is 0 Å². The quantitative estimate of drug-likeness (QED) is 0.386. The van der Waals surface area contributed by atoms with Crippen molar-refractivity contribution in [3.8, 4) is 11.5 Å². The summed E-state index contributed by atoms with van der Waals surface area (Å²) in [5.74, 6) is 4.22. The first-order valence-electron chi connectivity index (χ1n) is 14.3. The summed E-state index contributed by atoms with van der Waals surface area (Å²) in [6.45, 7) is 9.35. The number of hydrogen-bond acceptors (Lipinski definition) is 4. The molecule has 0 aliphatic heterocycles. The van der Waals surface area contributed by atoms with Crippen LogP contribution < -0.4 is 9.47 Å². The fourth-order valence-corrected chi connectivity index (χ4v) is 7.70. The summed E-state index contributed by atoms with van der Waals surface area (Å²) in [5, 5.41) is 19.9. The lowest BCUT2D eigenvalue weighted by Crippen LogP contribution is -2.36. The van der Waals surface area contributed by atoms with Gasteiger partial charge in [0.1, 0.15) is 11.5 Å². The molecule has 0 atom stereocenters. The number of aliphatic hydroxyl groups excluding tert-OH is 2.